The van der Waals surface area contributed by atoms with Crippen LogP contribution in [0.25, 0.3) is 0 Å². The third-order valence-electron chi connectivity index (χ3n) is 2.02. The van der Waals surface area contributed by atoms with Crippen molar-refractivity contribution in [1.82, 2.24) is 15.0 Å². The maximum absolute atomic E-state index is 13.2. The number of benzene rings is 1. The first-order valence-electron chi connectivity index (χ1n) is 5.17. The van der Waals surface area contributed by atoms with E-state index >= 15 is 0 Å². The van der Waals surface area contributed by atoms with Gasteiger partial charge in [0.15, 0.2) is 0 Å². The topological polar surface area (TPSA) is 51.1 Å². The monoisotopic (exact) mass is 346 g/mol. The van der Waals surface area contributed by atoms with Gasteiger partial charge in [-0.1, -0.05) is 15.9 Å². The van der Waals surface area contributed by atoms with E-state index in [0.717, 1.165) is 0 Å². The summed E-state index contributed by atoms with van der Waals surface area (Å²) in [5.74, 6) is 0.182. The number of halogens is 3. The Hall–Kier alpha value is -1.47. The Balaban J connectivity index is 2.32. The average molecular weight is 348 g/mol. The summed E-state index contributed by atoms with van der Waals surface area (Å²) in [6.07, 6.45) is 0. The molecule has 0 saturated carbocycles. The zero-order valence-corrected chi connectivity index (χ0v) is 12.4. The van der Waals surface area contributed by atoms with Crippen molar-refractivity contribution in [1.29, 1.82) is 0 Å². The summed E-state index contributed by atoms with van der Waals surface area (Å²) < 4.78 is 19.1. The van der Waals surface area contributed by atoms with E-state index in [2.05, 4.69) is 30.9 Å². The summed E-state index contributed by atoms with van der Waals surface area (Å²) in [4.78, 5) is 13.4. The lowest BCUT2D eigenvalue weighted by molar-refractivity contribution is 0.435. The first-order chi connectivity index (χ1) is 8.94. The van der Waals surface area contributed by atoms with Crippen molar-refractivity contribution >= 4 is 33.5 Å². The predicted molar refractivity (Wildman–Crippen MR) is 73.3 cm³/mol. The van der Waals surface area contributed by atoms with Crippen LogP contribution in [0.4, 0.5) is 10.3 Å². The van der Waals surface area contributed by atoms with Crippen LogP contribution in [0.3, 0.4) is 0 Å². The summed E-state index contributed by atoms with van der Waals surface area (Å²) in [5.41, 5.74) is 0. The molecular formula is C11H9BrClFN4O. The molecule has 2 aromatic rings. The van der Waals surface area contributed by atoms with Gasteiger partial charge in [-0.25, -0.2) is 4.39 Å². The molecule has 0 saturated heterocycles. The molecule has 100 valence electrons. The minimum absolute atomic E-state index is 0.00111. The molecule has 0 aliphatic rings. The van der Waals surface area contributed by atoms with Crippen LogP contribution in [0.1, 0.15) is 0 Å². The number of ether oxygens (including phenoxy) is 1. The minimum Gasteiger partial charge on any atom is -0.424 e. The average Bonchev–Trinajstić information content (AvgIpc) is 2.26. The van der Waals surface area contributed by atoms with Gasteiger partial charge in [-0.3, -0.25) is 0 Å². The third kappa shape index (κ3) is 3.74. The van der Waals surface area contributed by atoms with Gasteiger partial charge in [0.25, 0.3) is 0 Å². The van der Waals surface area contributed by atoms with Crippen LogP contribution in [0.5, 0.6) is 11.8 Å². The second-order valence-electron chi connectivity index (χ2n) is 3.79. The zero-order valence-electron chi connectivity index (χ0n) is 10.1. The lowest BCUT2D eigenvalue weighted by Gasteiger charge is -2.11. The van der Waals surface area contributed by atoms with Crippen molar-refractivity contribution in [2.75, 3.05) is 19.0 Å². The Morgan fingerprint density at radius 3 is 2.58 bits per heavy atom. The summed E-state index contributed by atoms with van der Waals surface area (Å²) in [6.45, 7) is 0. The molecule has 1 aromatic carbocycles. The number of anilines is 1. The van der Waals surface area contributed by atoms with Crippen LogP contribution in [-0.2, 0) is 0 Å². The van der Waals surface area contributed by atoms with Gasteiger partial charge in [0.2, 0.25) is 11.2 Å². The lowest BCUT2D eigenvalue weighted by atomic mass is 10.3. The molecule has 19 heavy (non-hydrogen) atoms. The zero-order chi connectivity index (χ0) is 14.0. The number of hydrogen-bond acceptors (Lipinski definition) is 5. The fraction of sp³-hybridized carbons (Fsp3) is 0.182. The van der Waals surface area contributed by atoms with Crippen LogP contribution < -0.4 is 9.64 Å². The highest BCUT2D eigenvalue weighted by Gasteiger charge is 2.09. The molecule has 0 fully saturated rings. The van der Waals surface area contributed by atoms with E-state index in [1.54, 1.807) is 25.1 Å². The normalized spacial score (nSPS) is 10.4. The first kappa shape index (κ1) is 14.0. The van der Waals surface area contributed by atoms with Crippen molar-refractivity contribution in [3.8, 4) is 11.8 Å². The van der Waals surface area contributed by atoms with Gasteiger partial charge in [0.05, 0.1) is 0 Å². The molecule has 1 heterocycles. The van der Waals surface area contributed by atoms with E-state index in [0.29, 0.717) is 10.4 Å². The maximum Gasteiger partial charge on any atom is 0.328 e. The van der Waals surface area contributed by atoms with E-state index in [4.69, 9.17) is 16.3 Å². The van der Waals surface area contributed by atoms with Crippen LogP contribution in [0.15, 0.2) is 22.7 Å². The van der Waals surface area contributed by atoms with Crippen molar-refractivity contribution in [2.45, 2.75) is 0 Å². The molecule has 0 amide bonds. The SMILES string of the molecule is CN(C)c1nc(Cl)nc(Oc2cc(F)cc(Br)c2)n1. The van der Waals surface area contributed by atoms with E-state index < -0.39 is 5.82 Å². The Kier molecular flexibility index (Phi) is 4.16. The van der Waals surface area contributed by atoms with Crippen LogP contribution in [-0.4, -0.2) is 29.0 Å². The molecule has 0 unspecified atom stereocenters. The fourth-order valence-corrected chi connectivity index (χ4v) is 1.85. The minimum atomic E-state index is -0.433. The van der Waals surface area contributed by atoms with Gasteiger partial charge in [0.1, 0.15) is 11.6 Å². The van der Waals surface area contributed by atoms with Crippen LogP contribution in [0, 0.1) is 5.82 Å². The molecular weight excluding hydrogens is 339 g/mol. The Bertz CT molecular complexity index is 591. The molecule has 0 bridgehead atoms. The van der Waals surface area contributed by atoms with Gasteiger partial charge >= 0.3 is 6.01 Å². The van der Waals surface area contributed by atoms with Crippen molar-refractivity contribution in [2.24, 2.45) is 0 Å². The lowest BCUT2D eigenvalue weighted by Crippen LogP contribution is -2.13. The second-order valence-corrected chi connectivity index (χ2v) is 5.04. The van der Waals surface area contributed by atoms with Crippen molar-refractivity contribution in [3.63, 3.8) is 0 Å². The van der Waals surface area contributed by atoms with Gasteiger partial charge < -0.3 is 9.64 Å². The summed E-state index contributed by atoms with van der Waals surface area (Å²) >= 11 is 8.94. The Morgan fingerprint density at radius 1 is 1.21 bits per heavy atom. The standard InChI is InChI=1S/C11H9BrClFN4O/c1-18(2)10-15-9(13)16-11(17-10)19-8-4-6(12)3-7(14)5-8/h3-5H,1-2H3. The molecule has 0 aliphatic heterocycles. The van der Waals surface area contributed by atoms with Gasteiger partial charge in [-0.2, -0.15) is 15.0 Å². The summed E-state index contributed by atoms with van der Waals surface area (Å²) in [5, 5.41) is 0.00386. The van der Waals surface area contributed by atoms with E-state index in [-0.39, 0.29) is 17.0 Å². The van der Waals surface area contributed by atoms with Crippen molar-refractivity contribution in [3.05, 3.63) is 33.8 Å². The highest BCUT2D eigenvalue weighted by atomic mass is 79.9. The number of hydrogen-bond donors (Lipinski definition) is 0. The van der Waals surface area contributed by atoms with Gasteiger partial charge in [-0.05, 0) is 23.7 Å². The molecule has 0 radical (unpaired) electrons. The molecule has 0 N–H and O–H groups in total. The largest absolute Gasteiger partial charge is 0.424 e. The van der Waals surface area contributed by atoms with Gasteiger partial charge in [-0.15, -0.1) is 0 Å². The second kappa shape index (κ2) is 5.66. The fourth-order valence-electron chi connectivity index (χ4n) is 1.26. The molecule has 8 heteroatoms. The maximum atomic E-state index is 13.2. The van der Waals surface area contributed by atoms with E-state index in [1.165, 1.54) is 12.1 Å². The van der Waals surface area contributed by atoms with E-state index in [9.17, 15) is 4.39 Å². The van der Waals surface area contributed by atoms with Crippen LogP contribution >= 0.6 is 27.5 Å². The first-order valence-corrected chi connectivity index (χ1v) is 6.34. The predicted octanol–water partition coefficient (Wildman–Crippen LogP) is 3.28. The highest BCUT2D eigenvalue weighted by molar-refractivity contribution is 9.10. The molecule has 0 aliphatic carbocycles. The highest BCUT2D eigenvalue weighted by Crippen LogP contribution is 2.25. The summed E-state index contributed by atoms with van der Waals surface area (Å²) in [6, 6.07) is 4.13. The van der Waals surface area contributed by atoms with Gasteiger partial charge in [0, 0.05) is 24.6 Å². The van der Waals surface area contributed by atoms with E-state index in [1.807, 2.05) is 0 Å². The van der Waals surface area contributed by atoms with Crippen molar-refractivity contribution < 1.29 is 9.13 Å². The van der Waals surface area contributed by atoms with Crippen LogP contribution in [0.2, 0.25) is 5.28 Å². The molecule has 1 aromatic heterocycles. The quantitative estimate of drug-likeness (QED) is 0.853. The molecule has 0 spiro atoms. The molecule has 5 nitrogen and oxygen atoms in total. The Morgan fingerprint density at radius 2 is 1.95 bits per heavy atom. The summed E-state index contributed by atoms with van der Waals surface area (Å²) in [7, 11) is 3.52. The Labute approximate surface area is 122 Å². The third-order valence-corrected chi connectivity index (χ3v) is 2.65. The number of nitrogens with zero attached hydrogens (tertiary/aromatic N) is 4. The molecule has 2 rings (SSSR count). The smallest absolute Gasteiger partial charge is 0.328 e. The molecule has 0 atom stereocenters. The number of aromatic nitrogens is 3. The number of rotatable bonds is 3.